The highest BCUT2D eigenvalue weighted by Crippen LogP contribution is 2.34. The lowest BCUT2D eigenvalue weighted by atomic mass is 10.0. The standard InChI is InChI=1S/C12H14FNOS/c13-10-3-1-2-9-11(14-8-4-5-8)6-7-16(15)12(9)10/h1-3,8,11,14H,4-7H2. The number of rotatable bonds is 2. The highest BCUT2D eigenvalue weighted by molar-refractivity contribution is 7.85. The maximum Gasteiger partial charge on any atom is 0.139 e. The zero-order chi connectivity index (χ0) is 11.1. The van der Waals surface area contributed by atoms with Crippen LogP contribution < -0.4 is 5.32 Å². The molecule has 0 radical (unpaired) electrons. The first-order valence-corrected chi connectivity index (χ1v) is 7.00. The van der Waals surface area contributed by atoms with Crippen LogP contribution in [0.4, 0.5) is 4.39 Å². The van der Waals surface area contributed by atoms with Crippen LogP contribution in [-0.4, -0.2) is 16.0 Å². The Labute approximate surface area is 96.7 Å². The van der Waals surface area contributed by atoms with Crippen LogP contribution in [0.1, 0.15) is 30.9 Å². The first kappa shape index (κ1) is 10.4. The van der Waals surface area contributed by atoms with Crippen molar-refractivity contribution in [2.24, 2.45) is 0 Å². The first-order chi connectivity index (χ1) is 7.75. The molecule has 1 aliphatic heterocycles. The van der Waals surface area contributed by atoms with E-state index in [0.717, 1.165) is 12.0 Å². The number of hydrogen-bond donors (Lipinski definition) is 1. The highest BCUT2D eigenvalue weighted by Gasteiger charge is 2.31. The molecule has 1 aromatic rings. The number of nitrogens with one attached hydrogen (secondary N) is 1. The van der Waals surface area contributed by atoms with Crippen LogP contribution in [0.15, 0.2) is 23.1 Å². The Kier molecular flexibility index (Phi) is 2.56. The monoisotopic (exact) mass is 239 g/mol. The second-order valence-electron chi connectivity index (χ2n) is 4.49. The Morgan fingerprint density at radius 2 is 2.12 bits per heavy atom. The van der Waals surface area contributed by atoms with Gasteiger partial charge in [0.25, 0.3) is 0 Å². The summed E-state index contributed by atoms with van der Waals surface area (Å²) in [4.78, 5) is 0.423. The molecule has 0 aromatic heterocycles. The van der Waals surface area contributed by atoms with Crippen LogP contribution in [0.5, 0.6) is 0 Å². The fourth-order valence-corrected chi connectivity index (χ4v) is 3.64. The van der Waals surface area contributed by atoms with Crippen molar-refractivity contribution >= 4 is 10.8 Å². The van der Waals surface area contributed by atoms with Gasteiger partial charge in [-0.15, -0.1) is 0 Å². The molecular weight excluding hydrogens is 225 g/mol. The Bertz CT molecular complexity index is 445. The normalized spacial score (nSPS) is 28.8. The van der Waals surface area contributed by atoms with Crippen molar-refractivity contribution in [3.8, 4) is 0 Å². The third-order valence-electron chi connectivity index (χ3n) is 3.21. The molecule has 16 heavy (non-hydrogen) atoms. The van der Waals surface area contributed by atoms with E-state index in [9.17, 15) is 8.60 Å². The molecule has 1 N–H and O–H groups in total. The highest BCUT2D eigenvalue weighted by atomic mass is 32.2. The predicted molar refractivity (Wildman–Crippen MR) is 61.2 cm³/mol. The molecule has 0 spiro atoms. The summed E-state index contributed by atoms with van der Waals surface area (Å²) >= 11 is 0. The van der Waals surface area contributed by atoms with E-state index in [0.29, 0.717) is 16.7 Å². The van der Waals surface area contributed by atoms with Gasteiger partial charge in [-0.25, -0.2) is 4.39 Å². The molecule has 2 nitrogen and oxygen atoms in total. The van der Waals surface area contributed by atoms with Gasteiger partial charge in [0, 0.05) is 17.8 Å². The van der Waals surface area contributed by atoms with E-state index >= 15 is 0 Å². The maximum absolute atomic E-state index is 13.6. The predicted octanol–water partition coefficient (Wildman–Crippen LogP) is 2.13. The fourth-order valence-electron chi connectivity index (χ4n) is 2.23. The molecule has 0 saturated heterocycles. The Morgan fingerprint density at radius 1 is 1.31 bits per heavy atom. The molecule has 4 heteroatoms. The molecule has 0 amide bonds. The molecule has 1 aromatic carbocycles. The number of benzene rings is 1. The van der Waals surface area contributed by atoms with Crippen LogP contribution in [0.3, 0.4) is 0 Å². The van der Waals surface area contributed by atoms with Gasteiger partial charge in [0.1, 0.15) is 5.82 Å². The van der Waals surface area contributed by atoms with Gasteiger partial charge in [0.2, 0.25) is 0 Å². The molecule has 2 atom stereocenters. The average Bonchev–Trinajstić information content (AvgIpc) is 3.06. The molecule has 3 rings (SSSR count). The molecule has 86 valence electrons. The smallest absolute Gasteiger partial charge is 0.139 e. The molecule has 0 bridgehead atoms. The third-order valence-corrected chi connectivity index (χ3v) is 4.70. The second-order valence-corrected chi connectivity index (χ2v) is 6.00. The van der Waals surface area contributed by atoms with Crippen LogP contribution in [0, 0.1) is 5.82 Å². The van der Waals surface area contributed by atoms with Crippen molar-refractivity contribution in [1.29, 1.82) is 0 Å². The minimum Gasteiger partial charge on any atom is -0.307 e. The lowest BCUT2D eigenvalue weighted by molar-refractivity contribution is 0.487. The Morgan fingerprint density at radius 3 is 2.88 bits per heavy atom. The minimum absolute atomic E-state index is 0.191. The van der Waals surface area contributed by atoms with Gasteiger partial charge < -0.3 is 5.32 Å². The van der Waals surface area contributed by atoms with E-state index in [-0.39, 0.29) is 11.9 Å². The number of hydrogen-bond acceptors (Lipinski definition) is 2. The molecule has 1 saturated carbocycles. The summed E-state index contributed by atoms with van der Waals surface area (Å²) < 4.78 is 25.4. The summed E-state index contributed by atoms with van der Waals surface area (Å²) in [6.07, 6.45) is 3.27. The number of fused-ring (bicyclic) bond motifs is 1. The fraction of sp³-hybridized carbons (Fsp3) is 0.500. The Hall–Kier alpha value is -0.740. The van der Waals surface area contributed by atoms with E-state index in [1.807, 2.05) is 6.07 Å². The largest absolute Gasteiger partial charge is 0.307 e. The van der Waals surface area contributed by atoms with E-state index < -0.39 is 10.8 Å². The van der Waals surface area contributed by atoms with Crippen molar-refractivity contribution in [1.82, 2.24) is 5.32 Å². The van der Waals surface area contributed by atoms with E-state index in [1.54, 1.807) is 6.07 Å². The van der Waals surface area contributed by atoms with Gasteiger partial charge in [-0.2, -0.15) is 0 Å². The lowest BCUT2D eigenvalue weighted by Gasteiger charge is -2.26. The quantitative estimate of drug-likeness (QED) is 0.856. The van der Waals surface area contributed by atoms with Crippen LogP contribution in [0.2, 0.25) is 0 Å². The lowest BCUT2D eigenvalue weighted by Crippen LogP contribution is -2.29. The summed E-state index contributed by atoms with van der Waals surface area (Å²) in [5, 5.41) is 3.50. The third kappa shape index (κ3) is 1.80. The van der Waals surface area contributed by atoms with Crippen molar-refractivity contribution in [2.75, 3.05) is 5.75 Å². The Balaban J connectivity index is 1.98. The van der Waals surface area contributed by atoms with Crippen LogP contribution in [-0.2, 0) is 10.8 Å². The number of halogens is 1. The second kappa shape index (κ2) is 3.93. The van der Waals surface area contributed by atoms with Gasteiger partial charge in [0.05, 0.1) is 15.7 Å². The van der Waals surface area contributed by atoms with E-state index in [2.05, 4.69) is 5.32 Å². The maximum atomic E-state index is 13.6. The molecule has 1 aliphatic carbocycles. The van der Waals surface area contributed by atoms with Crippen LogP contribution in [0.25, 0.3) is 0 Å². The van der Waals surface area contributed by atoms with Gasteiger partial charge in [-0.05, 0) is 30.9 Å². The average molecular weight is 239 g/mol. The SMILES string of the molecule is O=S1CCC(NC2CC2)c2cccc(F)c21. The summed E-state index contributed by atoms with van der Waals surface area (Å²) in [5.74, 6) is 0.247. The summed E-state index contributed by atoms with van der Waals surface area (Å²) in [6, 6.07) is 5.79. The molecule has 2 aliphatic rings. The summed E-state index contributed by atoms with van der Waals surface area (Å²) in [7, 11) is -1.16. The van der Waals surface area contributed by atoms with Gasteiger partial charge in [0.15, 0.2) is 0 Å². The first-order valence-electron chi connectivity index (χ1n) is 5.68. The molecule has 1 fully saturated rings. The summed E-state index contributed by atoms with van der Waals surface area (Å²) in [5.41, 5.74) is 0.900. The van der Waals surface area contributed by atoms with E-state index in [4.69, 9.17) is 0 Å². The van der Waals surface area contributed by atoms with Crippen molar-refractivity contribution < 1.29 is 8.60 Å². The molecule has 1 heterocycles. The van der Waals surface area contributed by atoms with Crippen LogP contribution >= 0.6 is 0 Å². The van der Waals surface area contributed by atoms with Gasteiger partial charge in [-0.1, -0.05) is 12.1 Å². The molecule has 2 unspecified atom stereocenters. The zero-order valence-corrected chi connectivity index (χ0v) is 9.73. The molecular formula is C12H14FNOS. The topological polar surface area (TPSA) is 29.1 Å². The van der Waals surface area contributed by atoms with E-state index in [1.165, 1.54) is 18.9 Å². The van der Waals surface area contributed by atoms with Crippen molar-refractivity contribution in [3.05, 3.63) is 29.6 Å². The van der Waals surface area contributed by atoms with Crippen molar-refractivity contribution in [3.63, 3.8) is 0 Å². The minimum atomic E-state index is -1.16. The zero-order valence-electron chi connectivity index (χ0n) is 8.91. The van der Waals surface area contributed by atoms with Gasteiger partial charge >= 0.3 is 0 Å². The summed E-state index contributed by atoms with van der Waals surface area (Å²) in [6.45, 7) is 0. The van der Waals surface area contributed by atoms with Gasteiger partial charge in [-0.3, -0.25) is 4.21 Å². The van der Waals surface area contributed by atoms with Crippen molar-refractivity contribution in [2.45, 2.75) is 36.2 Å².